The first-order valence-electron chi connectivity index (χ1n) is 45.0. The largest absolute Gasteiger partial charge is 0.309 e. The van der Waals surface area contributed by atoms with Gasteiger partial charge in [0.1, 0.15) is 23.9 Å². The molecule has 0 bridgehead atoms. The van der Waals surface area contributed by atoms with Crippen molar-refractivity contribution in [3.8, 4) is 160 Å². The molecular formula is C124H72N16. The first-order valence-corrected chi connectivity index (χ1v) is 45.0. The van der Waals surface area contributed by atoms with Gasteiger partial charge >= 0.3 is 0 Å². The lowest BCUT2D eigenvalue weighted by Gasteiger charge is -2.11. The third kappa shape index (κ3) is 16.6. The molecule has 0 amide bonds. The van der Waals surface area contributed by atoms with Gasteiger partial charge in [-0.1, -0.05) is 218 Å². The molecule has 0 saturated heterocycles. The molecule has 0 unspecified atom stereocenters. The number of hydrogen-bond acceptors (Lipinski definition) is 12. The predicted octanol–water partition coefficient (Wildman–Crippen LogP) is 29.0. The second-order valence-electron chi connectivity index (χ2n) is 33.5. The summed E-state index contributed by atoms with van der Waals surface area (Å²) in [7, 11) is 0. The maximum Gasteiger partial charge on any atom is 0.140 e. The van der Waals surface area contributed by atoms with Crippen LogP contribution < -0.4 is 0 Å². The van der Waals surface area contributed by atoms with Crippen LogP contribution in [0.15, 0.2) is 438 Å². The lowest BCUT2D eigenvalue weighted by atomic mass is 9.98. The van der Waals surface area contributed by atoms with Gasteiger partial charge in [0.25, 0.3) is 0 Å². The van der Waals surface area contributed by atoms with Crippen molar-refractivity contribution in [2.75, 3.05) is 0 Å². The van der Waals surface area contributed by atoms with Crippen LogP contribution in [0.25, 0.3) is 199 Å². The summed E-state index contributed by atoms with van der Waals surface area (Å²) in [5.41, 5.74) is 34.2. The Hall–Kier alpha value is -20.8. The van der Waals surface area contributed by atoms with Crippen molar-refractivity contribution in [1.29, 1.82) is 42.1 Å². The molecule has 24 aromatic rings. The number of rotatable bonds is 12. The van der Waals surface area contributed by atoms with E-state index < -0.39 is 0 Å². The maximum atomic E-state index is 9.42. The zero-order valence-corrected chi connectivity index (χ0v) is 74.7. The minimum atomic E-state index is 0.413. The molecule has 648 valence electrons. The average Bonchev–Trinajstić information content (AvgIpc) is 1.61. The molecule has 0 atom stereocenters. The first-order chi connectivity index (χ1) is 69.0. The van der Waals surface area contributed by atoms with Crippen LogP contribution in [0.4, 0.5) is 0 Å². The van der Waals surface area contributed by atoms with Gasteiger partial charge in [0, 0.05) is 131 Å². The van der Waals surface area contributed by atoms with E-state index in [1.54, 1.807) is 55.5 Å². The summed E-state index contributed by atoms with van der Waals surface area (Å²) < 4.78 is 9.01. The van der Waals surface area contributed by atoms with E-state index in [0.717, 1.165) is 199 Å². The lowest BCUT2D eigenvalue weighted by molar-refractivity contribution is 1.18. The Balaban J connectivity index is 0.000000111. The molecule has 16 heteroatoms. The molecule has 140 heavy (non-hydrogen) atoms. The van der Waals surface area contributed by atoms with E-state index in [0.29, 0.717) is 44.6 Å². The van der Waals surface area contributed by atoms with Gasteiger partial charge in [-0.15, -0.1) is 0 Å². The van der Waals surface area contributed by atoms with Crippen molar-refractivity contribution in [3.63, 3.8) is 0 Å². The Labute approximate surface area is 804 Å². The van der Waals surface area contributed by atoms with Crippen molar-refractivity contribution in [2.24, 2.45) is 0 Å². The average molecular weight is 1790 g/mol. The Morgan fingerprint density at radius 3 is 0.829 bits per heavy atom. The highest BCUT2D eigenvalue weighted by molar-refractivity contribution is 6.13. The van der Waals surface area contributed by atoms with Gasteiger partial charge in [-0.05, 0) is 243 Å². The molecule has 0 N–H and O–H groups in total. The van der Waals surface area contributed by atoms with Crippen LogP contribution in [-0.4, -0.2) is 38.2 Å². The van der Waals surface area contributed by atoms with E-state index in [9.17, 15) is 31.6 Å². The molecule has 0 saturated carbocycles. The monoisotopic (exact) mass is 1780 g/mol. The van der Waals surface area contributed by atoms with Gasteiger partial charge < -0.3 is 18.3 Å². The fraction of sp³-hybridized carbons (Fsp3) is 0. The van der Waals surface area contributed by atoms with Crippen LogP contribution in [-0.2, 0) is 0 Å². The number of fused-ring (bicyclic) bond motifs is 12. The number of aromatic nitrogens is 8. The highest BCUT2D eigenvalue weighted by atomic mass is 15.0. The third-order valence-corrected chi connectivity index (χ3v) is 25.4. The number of hydrogen-bond donors (Lipinski definition) is 0. The van der Waals surface area contributed by atoms with E-state index in [-0.39, 0.29) is 0 Å². The third-order valence-electron chi connectivity index (χ3n) is 25.4. The van der Waals surface area contributed by atoms with E-state index in [4.69, 9.17) is 10.5 Å². The van der Waals surface area contributed by atoms with Gasteiger partial charge in [0.2, 0.25) is 0 Å². The Bertz CT molecular complexity index is 9140. The standard InChI is InChI=1S/4C31H18N4/c32-18-21-8-15-31-29(16-21)28-6-1-2-7-30(28)35(31)27-5-3-4-24(17-27)22-9-11-23(12-10-22)25-13-14-26(19-33)34-20-25;32-17-21-8-13-31-29(15-21)28-6-1-2-7-30(28)35(31)27-5-3-4-25(16-27)23-9-11-24(12-10-23)26-14-22(18-33)19-34-20-26;32-18-21-8-13-31-29(16-21)28-6-1-2-7-30(28)35(31)26-5-3-4-24(17-26)22-9-11-23(12-10-22)27-14-15-34-20-25(27)19-33;32-18-21-8-13-31-28(16-21)27-6-1-2-7-30(27)35(31)26-5-3-4-24(17-26)22-9-11-23(12-10-22)29-20-34-15-14-25(29)19-33/h1-17,20H;1-16,19-20H;2*1-17,20H. The summed E-state index contributed by atoms with van der Waals surface area (Å²) >= 11 is 0. The van der Waals surface area contributed by atoms with Crippen LogP contribution >= 0.6 is 0 Å². The lowest BCUT2D eigenvalue weighted by Crippen LogP contribution is -1.94. The first kappa shape index (κ1) is 86.0. The SMILES string of the molecule is N#Cc1ccc2c(c1)c1ccccc1n2-c1cccc(-c2ccc(-c3ccc(C#N)nc3)cc2)c1.N#Cc1ccc2c(c1)c1ccccc1n2-c1cccc(-c2ccc(-c3ccncc3C#N)cc2)c1.N#Cc1ccc2c(c1)c1ccccc1n2-c1cccc(-c2ccc(-c3cnccc3C#N)cc2)c1.N#Cc1cncc(-c2ccc(-c3cccc(-n4c5ccccc5c5cc(C#N)ccc54)c3)cc2)c1. The normalized spacial score (nSPS) is 10.8. The number of para-hydroxylation sites is 4. The summed E-state index contributed by atoms with van der Waals surface area (Å²) in [5, 5.41) is 83.3. The molecule has 0 aliphatic carbocycles. The van der Waals surface area contributed by atoms with Crippen LogP contribution in [0.2, 0.25) is 0 Å². The second-order valence-corrected chi connectivity index (χ2v) is 33.5. The highest BCUT2D eigenvalue weighted by Gasteiger charge is 2.21. The summed E-state index contributed by atoms with van der Waals surface area (Å²) in [4.78, 5) is 16.6. The Kier molecular flexibility index (Phi) is 23.2. The summed E-state index contributed by atoms with van der Waals surface area (Å²) in [6.45, 7) is 0. The van der Waals surface area contributed by atoms with E-state index in [1.165, 1.54) is 0 Å². The fourth-order valence-corrected chi connectivity index (χ4v) is 18.7. The molecule has 0 fully saturated rings. The van der Waals surface area contributed by atoms with Crippen LogP contribution in [0.1, 0.15) is 44.6 Å². The van der Waals surface area contributed by atoms with Crippen molar-refractivity contribution >= 4 is 87.2 Å². The van der Waals surface area contributed by atoms with Crippen molar-refractivity contribution in [1.82, 2.24) is 38.2 Å². The van der Waals surface area contributed by atoms with Gasteiger partial charge in [-0.2, -0.15) is 42.1 Å². The number of pyridine rings is 4. The molecule has 8 aromatic heterocycles. The molecule has 16 nitrogen and oxygen atoms in total. The zero-order chi connectivity index (χ0) is 95.1. The quantitative estimate of drug-likeness (QED) is 0.111. The smallest absolute Gasteiger partial charge is 0.140 e. The molecule has 0 aliphatic rings. The molecule has 8 heterocycles. The molecule has 0 radical (unpaired) electrons. The molecular weight excluding hydrogens is 1710 g/mol. The van der Waals surface area contributed by atoms with Gasteiger partial charge in [0.15, 0.2) is 0 Å². The van der Waals surface area contributed by atoms with E-state index in [2.05, 4.69) is 305 Å². The summed E-state index contributed by atoms with van der Waals surface area (Å²) in [6, 6.07) is 150. The molecule has 16 aromatic carbocycles. The molecule has 24 rings (SSSR count). The summed E-state index contributed by atoms with van der Waals surface area (Å²) in [6.07, 6.45) is 11.7. The van der Waals surface area contributed by atoms with Crippen LogP contribution in [0, 0.1) is 90.6 Å². The summed E-state index contributed by atoms with van der Waals surface area (Å²) in [5.74, 6) is 0. The number of nitrogens with zero attached hydrogens (tertiary/aromatic N) is 16. The van der Waals surface area contributed by atoms with Crippen molar-refractivity contribution in [2.45, 2.75) is 0 Å². The maximum absolute atomic E-state index is 9.42. The van der Waals surface area contributed by atoms with Gasteiger partial charge in [-0.3, -0.25) is 15.0 Å². The zero-order valence-electron chi connectivity index (χ0n) is 74.7. The highest BCUT2D eigenvalue weighted by Crippen LogP contribution is 2.42. The Morgan fingerprint density at radius 2 is 0.486 bits per heavy atom. The molecule has 0 spiro atoms. The second kappa shape index (κ2) is 37.8. The van der Waals surface area contributed by atoms with Gasteiger partial charge in [0.05, 0.1) is 113 Å². The topological polar surface area (TPSA) is 262 Å². The number of nitriles is 8. The van der Waals surface area contributed by atoms with Crippen LogP contribution in [0.3, 0.4) is 0 Å². The van der Waals surface area contributed by atoms with Gasteiger partial charge in [-0.25, -0.2) is 4.98 Å². The Morgan fingerprint density at radius 1 is 0.171 bits per heavy atom. The van der Waals surface area contributed by atoms with E-state index >= 15 is 0 Å². The predicted molar refractivity (Wildman–Crippen MR) is 556 cm³/mol. The van der Waals surface area contributed by atoms with Crippen LogP contribution in [0.5, 0.6) is 0 Å². The number of benzene rings is 16. The van der Waals surface area contributed by atoms with Crippen molar-refractivity contribution < 1.29 is 0 Å². The minimum absolute atomic E-state index is 0.413. The fourth-order valence-electron chi connectivity index (χ4n) is 18.7. The van der Waals surface area contributed by atoms with Crippen molar-refractivity contribution in [3.05, 3.63) is 482 Å². The minimum Gasteiger partial charge on any atom is -0.309 e. The van der Waals surface area contributed by atoms with E-state index in [1.807, 2.05) is 164 Å². The molecule has 0 aliphatic heterocycles.